The summed E-state index contributed by atoms with van der Waals surface area (Å²) in [6, 6.07) is 3.37. The van der Waals surface area contributed by atoms with Crippen LogP contribution in [0.4, 0.5) is 16.3 Å². The highest BCUT2D eigenvalue weighted by Gasteiger charge is 2.60. The van der Waals surface area contributed by atoms with Gasteiger partial charge in [-0.1, -0.05) is 29.8 Å². The van der Waals surface area contributed by atoms with Crippen molar-refractivity contribution < 1.29 is 24.1 Å². The lowest BCUT2D eigenvalue weighted by Crippen LogP contribution is -2.54. The summed E-state index contributed by atoms with van der Waals surface area (Å²) in [7, 11) is 0. The van der Waals surface area contributed by atoms with Crippen molar-refractivity contribution >= 4 is 33.5 Å². The fourth-order valence-corrected chi connectivity index (χ4v) is 11.5. The van der Waals surface area contributed by atoms with E-state index in [1.807, 2.05) is 26.0 Å². The number of fused-ring (bicyclic) bond motifs is 5. The largest absolute Gasteiger partial charge is 0.489 e. The molecule has 2 amide bonds. The van der Waals surface area contributed by atoms with Gasteiger partial charge in [-0.05, 0) is 150 Å². The molecule has 0 spiro atoms. The van der Waals surface area contributed by atoms with E-state index >= 15 is 0 Å². The van der Waals surface area contributed by atoms with Gasteiger partial charge < -0.3 is 24.6 Å². The third kappa shape index (κ3) is 8.74. The number of aliphatic hydroxyl groups is 1. The minimum absolute atomic E-state index is 0.0472. The number of nitrogens with one attached hydrogen (secondary N) is 2. The normalized spacial score (nSPS) is 34.1. The Morgan fingerprint density at radius 3 is 2.66 bits per heavy atom. The van der Waals surface area contributed by atoms with Gasteiger partial charge >= 0.3 is 6.03 Å². The number of nitrogens with zero attached hydrogens (tertiary/aromatic N) is 3. The molecule has 1 aliphatic heterocycles. The second-order valence-corrected chi connectivity index (χ2v) is 18.3. The fraction of sp³-hybridized carbons (Fsp3) is 0.738. The molecular weight excluding hydrogens is 734 g/mol. The molecule has 4 aliphatic carbocycles. The Hall–Kier alpha value is -2.31. The van der Waals surface area contributed by atoms with Crippen LogP contribution in [0.3, 0.4) is 0 Å². The number of ether oxygens (including phenoxy) is 3. The Kier molecular flexibility index (Phi) is 12.4. The monoisotopic (exact) mass is 795 g/mol. The molecule has 5 aliphatic rings. The Morgan fingerprint density at radius 1 is 1.00 bits per heavy atom. The van der Waals surface area contributed by atoms with Crippen molar-refractivity contribution in [2.24, 2.45) is 34.5 Å². The molecule has 5 fully saturated rings. The lowest BCUT2D eigenvalue weighted by molar-refractivity contribution is -0.141. The van der Waals surface area contributed by atoms with Crippen molar-refractivity contribution in [3.63, 3.8) is 0 Å². The summed E-state index contributed by atoms with van der Waals surface area (Å²) in [5.74, 6) is 4.20. The molecule has 53 heavy (non-hydrogen) atoms. The summed E-state index contributed by atoms with van der Waals surface area (Å²) in [6.45, 7) is 13.8. The first-order valence-electron chi connectivity index (χ1n) is 20.4. The van der Waals surface area contributed by atoms with E-state index in [-0.39, 0.29) is 12.2 Å². The zero-order valence-electron chi connectivity index (χ0n) is 32.4. The van der Waals surface area contributed by atoms with Crippen molar-refractivity contribution in [2.45, 2.75) is 123 Å². The van der Waals surface area contributed by atoms with Gasteiger partial charge in [0.2, 0.25) is 0 Å². The van der Waals surface area contributed by atoms with Gasteiger partial charge in [-0.3, -0.25) is 15.2 Å². The van der Waals surface area contributed by atoms with Crippen LogP contribution in [-0.4, -0.2) is 83.8 Å². The lowest BCUT2D eigenvalue weighted by Gasteiger charge is -2.60. The van der Waals surface area contributed by atoms with Crippen molar-refractivity contribution in [2.75, 3.05) is 50.1 Å². The number of rotatable bonds is 12. The Balaban J connectivity index is 0.821. The van der Waals surface area contributed by atoms with Crippen molar-refractivity contribution in [3.8, 4) is 5.75 Å². The zero-order valence-corrected chi connectivity index (χ0v) is 34.0. The number of benzene rings is 1. The maximum atomic E-state index is 12.8. The van der Waals surface area contributed by atoms with Crippen LogP contribution >= 0.6 is 15.9 Å². The van der Waals surface area contributed by atoms with E-state index in [0.29, 0.717) is 47.4 Å². The molecule has 10 nitrogen and oxygen atoms in total. The van der Waals surface area contributed by atoms with Gasteiger partial charge in [0.25, 0.3) is 0 Å². The van der Waals surface area contributed by atoms with Crippen LogP contribution in [0.15, 0.2) is 29.0 Å². The first-order chi connectivity index (χ1) is 25.5. The number of aliphatic hydroxyl groups excluding tert-OH is 1. The van der Waals surface area contributed by atoms with E-state index in [0.717, 1.165) is 91.3 Å². The van der Waals surface area contributed by atoms with Crippen molar-refractivity contribution in [3.05, 3.63) is 40.3 Å². The van der Waals surface area contributed by atoms with Gasteiger partial charge in [0.15, 0.2) is 5.82 Å². The van der Waals surface area contributed by atoms with Crippen LogP contribution in [0.2, 0.25) is 0 Å². The maximum Gasteiger partial charge on any atom is 0.325 e. The van der Waals surface area contributed by atoms with E-state index < -0.39 is 6.03 Å². The molecule has 1 unspecified atom stereocenters. The predicted molar refractivity (Wildman–Crippen MR) is 211 cm³/mol. The SMILES string of the molecule is Cc1cnc(NC(=O)Nc2cc(Br)c(C)cc2OC[C@@H]2CN(CCCCCO[C@H]3CC[C@H]4[C@@H]5CC[C@H]6CC(O)CC[C@]6(C)[C@H]5CC[C@]34C)CCO2)cn1. The molecular formula is C42H62BrN5O5. The highest BCUT2D eigenvalue weighted by Crippen LogP contribution is 2.66. The summed E-state index contributed by atoms with van der Waals surface area (Å²) in [5, 5.41) is 16.0. The molecule has 3 N–H and O–H groups in total. The molecule has 0 bridgehead atoms. The van der Waals surface area contributed by atoms with E-state index in [1.54, 1.807) is 6.20 Å². The third-order valence-electron chi connectivity index (χ3n) is 14.2. The number of halogens is 1. The molecule has 11 heteroatoms. The average molecular weight is 797 g/mol. The summed E-state index contributed by atoms with van der Waals surface area (Å²) in [5.41, 5.74) is 3.12. The molecule has 9 atom stereocenters. The highest BCUT2D eigenvalue weighted by atomic mass is 79.9. The highest BCUT2D eigenvalue weighted by molar-refractivity contribution is 9.10. The Morgan fingerprint density at radius 2 is 1.83 bits per heavy atom. The minimum atomic E-state index is -0.420. The number of carbonyl (C=O) groups excluding carboxylic acids is 1. The number of hydrogen-bond donors (Lipinski definition) is 3. The van der Waals surface area contributed by atoms with E-state index in [1.165, 1.54) is 57.6 Å². The lowest BCUT2D eigenvalue weighted by atomic mass is 9.45. The Labute approximate surface area is 325 Å². The number of aryl methyl sites for hydroxylation is 2. The van der Waals surface area contributed by atoms with Crippen LogP contribution in [0.5, 0.6) is 5.75 Å². The van der Waals surface area contributed by atoms with E-state index in [4.69, 9.17) is 14.2 Å². The molecule has 292 valence electrons. The van der Waals surface area contributed by atoms with E-state index in [2.05, 4.69) is 55.3 Å². The van der Waals surface area contributed by atoms with Crippen LogP contribution < -0.4 is 15.4 Å². The number of aromatic nitrogens is 2. The van der Waals surface area contributed by atoms with Gasteiger partial charge in [-0.2, -0.15) is 0 Å². The first-order valence-corrected chi connectivity index (χ1v) is 21.2. The molecule has 7 rings (SSSR count). The number of unbranched alkanes of at least 4 members (excludes halogenated alkanes) is 2. The Bertz CT molecular complexity index is 1560. The number of hydrogen-bond acceptors (Lipinski definition) is 8. The molecule has 0 radical (unpaired) electrons. The molecule has 1 aromatic carbocycles. The summed E-state index contributed by atoms with van der Waals surface area (Å²) in [4.78, 5) is 23.6. The van der Waals surface area contributed by atoms with Crippen LogP contribution in [0, 0.1) is 48.3 Å². The van der Waals surface area contributed by atoms with Crippen molar-refractivity contribution in [1.82, 2.24) is 14.9 Å². The number of carbonyl (C=O) groups is 1. The maximum absolute atomic E-state index is 12.8. The fourth-order valence-electron chi connectivity index (χ4n) is 11.2. The number of anilines is 2. The second kappa shape index (κ2) is 16.8. The number of urea groups is 1. The zero-order chi connectivity index (χ0) is 37.2. The van der Waals surface area contributed by atoms with Crippen LogP contribution in [0.25, 0.3) is 0 Å². The van der Waals surface area contributed by atoms with Crippen LogP contribution in [0.1, 0.15) is 102 Å². The first kappa shape index (κ1) is 38.9. The average Bonchev–Trinajstić information content (AvgIpc) is 3.48. The smallest absolute Gasteiger partial charge is 0.325 e. The molecule has 1 aromatic heterocycles. The van der Waals surface area contributed by atoms with Gasteiger partial charge in [-0.25, -0.2) is 9.78 Å². The quantitative estimate of drug-likeness (QED) is 0.183. The molecule has 2 aromatic rings. The number of amides is 2. The molecule has 1 saturated heterocycles. The minimum Gasteiger partial charge on any atom is -0.489 e. The van der Waals surface area contributed by atoms with Crippen molar-refractivity contribution in [1.29, 1.82) is 0 Å². The van der Waals surface area contributed by atoms with E-state index in [9.17, 15) is 9.90 Å². The summed E-state index contributed by atoms with van der Waals surface area (Å²) in [6.07, 6.45) is 18.1. The van der Waals surface area contributed by atoms with Gasteiger partial charge in [0.05, 0.1) is 42.6 Å². The summed E-state index contributed by atoms with van der Waals surface area (Å²) >= 11 is 3.58. The summed E-state index contributed by atoms with van der Waals surface area (Å²) < 4.78 is 20.0. The molecule has 2 heterocycles. The second-order valence-electron chi connectivity index (χ2n) is 17.5. The standard InChI is InChI=1S/C42H62BrN5O5/c1-27-20-37(36(22-35(27)43)46-40(50)47-39-24-44-28(2)23-45-39)53-26-31-25-48(17-19-51-31)16-6-5-7-18-52-38-11-10-33-32-9-8-29-21-30(49)12-14-41(29,3)34(32)13-15-42(33,38)4/h20,22-24,29-34,38,49H,5-19,21,25-26H2,1-4H3,(H2,45,46,47,50)/t29-,30?,31-,32-,33-,34-,38-,41-,42-/m0/s1. The van der Waals surface area contributed by atoms with Gasteiger partial charge in [0, 0.05) is 24.2 Å². The van der Waals surface area contributed by atoms with Gasteiger partial charge in [-0.15, -0.1) is 0 Å². The topological polar surface area (TPSA) is 118 Å². The third-order valence-corrected chi connectivity index (χ3v) is 15.0. The van der Waals surface area contributed by atoms with Crippen LogP contribution in [-0.2, 0) is 9.47 Å². The van der Waals surface area contributed by atoms with Gasteiger partial charge in [0.1, 0.15) is 18.5 Å². The predicted octanol–water partition coefficient (Wildman–Crippen LogP) is 8.54. The molecule has 4 saturated carbocycles. The number of morpholine rings is 1.